The number of carboxylic acid groups (broad SMARTS) is 1. The normalized spacial score (nSPS) is 21.4. The first-order valence-electron chi connectivity index (χ1n) is 6.22. The van der Waals surface area contributed by atoms with Crippen molar-refractivity contribution in [1.29, 1.82) is 0 Å². The number of carbonyl (C=O) groups is 2. The molecule has 0 radical (unpaired) electrons. The Bertz CT molecular complexity index is 315. The van der Waals surface area contributed by atoms with Crippen LogP contribution in [0.3, 0.4) is 0 Å². The fourth-order valence-electron chi connectivity index (χ4n) is 2.06. The van der Waals surface area contributed by atoms with Gasteiger partial charge in [0.25, 0.3) is 0 Å². The highest BCUT2D eigenvalue weighted by Crippen LogP contribution is 2.15. The molecule has 2 N–H and O–H groups in total. The fourth-order valence-corrected chi connectivity index (χ4v) is 3.04. The molecule has 0 unspecified atom stereocenters. The highest BCUT2D eigenvalue weighted by Gasteiger charge is 2.35. The van der Waals surface area contributed by atoms with Crippen molar-refractivity contribution in [2.45, 2.75) is 0 Å². The van der Waals surface area contributed by atoms with Gasteiger partial charge in [-0.2, -0.15) is 11.8 Å². The zero-order valence-corrected chi connectivity index (χ0v) is 11.1. The number of hydrogen-bond acceptors (Lipinski definition) is 4. The van der Waals surface area contributed by atoms with Gasteiger partial charge in [-0.25, -0.2) is 4.79 Å². The van der Waals surface area contributed by atoms with Crippen molar-refractivity contribution >= 4 is 23.8 Å². The summed E-state index contributed by atoms with van der Waals surface area (Å²) in [4.78, 5) is 26.1. The molecule has 0 aromatic rings. The molecule has 0 aromatic heterocycles. The molecule has 2 rings (SSSR count). The summed E-state index contributed by atoms with van der Waals surface area (Å²) in [5.74, 6) is 1.14. The molecule has 0 bridgehead atoms. The van der Waals surface area contributed by atoms with Gasteiger partial charge >= 0.3 is 12.0 Å². The summed E-state index contributed by atoms with van der Waals surface area (Å²) in [6.45, 7) is 4.36. The molecule has 0 aliphatic carbocycles. The average molecular weight is 273 g/mol. The molecule has 2 saturated heterocycles. The Morgan fingerprint density at radius 1 is 1.28 bits per heavy atom. The van der Waals surface area contributed by atoms with Crippen molar-refractivity contribution in [1.82, 2.24) is 15.1 Å². The Balaban J connectivity index is 1.57. The predicted molar refractivity (Wildman–Crippen MR) is 69.9 cm³/mol. The van der Waals surface area contributed by atoms with Gasteiger partial charge in [-0.3, -0.25) is 9.69 Å². The number of amides is 2. The fraction of sp³-hybridized carbons (Fsp3) is 0.818. The Kier molecular flexibility index (Phi) is 4.71. The lowest BCUT2D eigenvalue weighted by Gasteiger charge is -2.36. The van der Waals surface area contributed by atoms with Crippen molar-refractivity contribution in [2.24, 2.45) is 5.92 Å². The Morgan fingerprint density at radius 2 is 1.94 bits per heavy atom. The van der Waals surface area contributed by atoms with Crippen LogP contribution in [0.1, 0.15) is 0 Å². The Morgan fingerprint density at radius 3 is 2.56 bits per heavy atom. The second-order valence-electron chi connectivity index (χ2n) is 4.63. The summed E-state index contributed by atoms with van der Waals surface area (Å²) in [6.07, 6.45) is 0. The summed E-state index contributed by atoms with van der Waals surface area (Å²) < 4.78 is 0. The van der Waals surface area contributed by atoms with Crippen LogP contribution in [0.4, 0.5) is 4.79 Å². The summed E-state index contributed by atoms with van der Waals surface area (Å²) in [5, 5.41) is 11.5. The third-order valence-corrected chi connectivity index (χ3v) is 4.27. The number of nitrogens with zero attached hydrogens (tertiary/aromatic N) is 2. The van der Waals surface area contributed by atoms with Crippen LogP contribution in [0.15, 0.2) is 0 Å². The quantitative estimate of drug-likeness (QED) is 0.740. The van der Waals surface area contributed by atoms with Gasteiger partial charge in [-0.1, -0.05) is 0 Å². The molecular weight excluding hydrogens is 254 g/mol. The van der Waals surface area contributed by atoms with E-state index in [2.05, 4.69) is 10.2 Å². The maximum atomic E-state index is 11.6. The van der Waals surface area contributed by atoms with Crippen molar-refractivity contribution in [3.8, 4) is 0 Å². The maximum absolute atomic E-state index is 11.6. The minimum atomic E-state index is -0.815. The van der Waals surface area contributed by atoms with E-state index in [0.29, 0.717) is 19.6 Å². The summed E-state index contributed by atoms with van der Waals surface area (Å²) in [6, 6.07) is -0.140. The third-order valence-electron chi connectivity index (χ3n) is 3.33. The highest BCUT2D eigenvalue weighted by atomic mass is 32.2. The van der Waals surface area contributed by atoms with E-state index in [0.717, 1.165) is 19.6 Å². The Hall–Kier alpha value is -0.950. The van der Waals surface area contributed by atoms with Gasteiger partial charge < -0.3 is 15.3 Å². The molecule has 2 aliphatic rings. The molecule has 2 heterocycles. The number of hydrogen-bond donors (Lipinski definition) is 2. The molecule has 6 nitrogen and oxygen atoms in total. The van der Waals surface area contributed by atoms with Gasteiger partial charge in [0.15, 0.2) is 0 Å². The second kappa shape index (κ2) is 6.29. The van der Waals surface area contributed by atoms with Crippen LogP contribution in [0.25, 0.3) is 0 Å². The van der Waals surface area contributed by atoms with Gasteiger partial charge in [0, 0.05) is 50.8 Å². The standard InChI is InChI=1S/C11H19N3O3S/c15-10(16)9-7-14(8-9)11(17)12-1-2-13-3-5-18-6-4-13/h9H,1-8H2,(H,12,17)(H,15,16). The number of carbonyl (C=O) groups excluding carboxylic acids is 1. The third kappa shape index (κ3) is 3.52. The lowest BCUT2D eigenvalue weighted by Crippen LogP contribution is -2.56. The van der Waals surface area contributed by atoms with Gasteiger partial charge in [0.1, 0.15) is 0 Å². The molecule has 2 amide bonds. The van der Waals surface area contributed by atoms with Crippen LogP contribution in [-0.4, -0.2) is 77.7 Å². The lowest BCUT2D eigenvalue weighted by atomic mass is 10.0. The lowest BCUT2D eigenvalue weighted by molar-refractivity contribution is -0.146. The number of urea groups is 1. The number of aliphatic carboxylic acids is 1. The van der Waals surface area contributed by atoms with E-state index in [1.807, 2.05) is 11.8 Å². The van der Waals surface area contributed by atoms with E-state index in [9.17, 15) is 9.59 Å². The van der Waals surface area contributed by atoms with Crippen molar-refractivity contribution in [3.63, 3.8) is 0 Å². The summed E-state index contributed by atoms with van der Waals surface area (Å²) in [7, 11) is 0. The minimum Gasteiger partial charge on any atom is -0.481 e. The summed E-state index contributed by atoms with van der Waals surface area (Å²) in [5.41, 5.74) is 0. The van der Waals surface area contributed by atoms with E-state index in [4.69, 9.17) is 5.11 Å². The average Bonchev–Trinajstić information content (AvgIpc) is 2.28. The van der Waals surface area contributed by atoms with Crippen molar-refractivity contribution in [2.75, 3.05) is 50.8 Å². The van der Waals surface area contributed by atoms with E-state index in [1.54, 1.807) is 4.90 Å². The van der Waals surface area contributed by atoms with E-state index >= 15 is 0 Å². The first kappa shape index (κ1) is 13.5. The van der Waals surface area contributed by atoms with E-state index in [1.165, 1.54) is 11.5 Å². The molecule has 102 valence electrons. The molecule has 0 aromatic carbocycles. The molecule has 0 saturated carbocycles. The number of thioether (sulfide) groups is 1. The van der Waals surface area contributed by atoms with Gasteiger partial charge in [0.2, 0.25) is 0 Å². The number of carboxylic acids is 1. The maximum Gasteiger partial charge on any atom is 0.317 e. The Labute approximate surface area is 111 Å². The molecule has 7 heteroatoms. The van der Waals surface area contributed by atoms with Crippen LogP contribution in [0.5, 0.6) is 0 Å². The molecule has 2 fully saturated rings. The van der Waals surface area contributed by atoms with Gasteiger partial charge in [0.05, 0.1) is 5.92 Å². The first-order chi connectivity index (χ1) is 8.66. The SMILES string of the molecule is O=C(O)C1CN(C(=O)NCCN2CCSCC2)C1. The van der Waals surface area contributed by atoms with E-state index in [-0.39, 0.29) is 11.9 Å². The van der Waals surface area contributed by atoms with Crippen LogP contribution < -0.4 is 5.32 Å². The van der Waals surface area contributed by atoms with Crippen LogP contribution >= 0.6 is 11.8 Å². The minimum absolute atomic E-state index is 0.140. The summed E-state index contributed by atoms with van der Waals surface area (Å²) >= 11 is 1.97. The smallest absolute Gasteiger partial charge is 0.317 e. The zero-order chi connectivity index (χ0) is 13.0. The predicted octanol–water partition coefficient (Wildman–Crippen LogP) is -0.239. The van der Waals surface area contributed by atoms with Crippen molar-refractivity contribution in [3.05, 3.63) is 0 Å². The highest BCUT2D eigenvalue weighted by molar-refractivity contribution is 7.99. The molecular formula is C11H19N3O3S. The number of nitrogens with one attached hydrogen (secondary N) is 1. The molecule has 0 spiro atoms. The van der Waals surface area contributed by atoms with E-state index < -0.39 is 5.97 Å². The van der Waals surface area contributed by atoms with Crippen LogP contribution in [0, 0.1) is 5.92 Å². The van der Waals surface area contributed by atoms with Crippen molar-refractivity contribution < 1.29 is 14.7 Å². The molecule has 0 atom stereocenters. The number of likely N-dealkylation sites (tertiary alicyclic amines) is 1. The van der Waals surface area contributed by atoms with Crippen LogP contribution in [-0.2, 0) is 4.79 Å². The zero-order valence-electron chi connectivity index (χ0n) is 10.3. The van der Waals surface area contributed by atoms with Crippen LogP contribution in [0.2, 0.25) is 0 Å². The molecule has 2 aliphatic heterocycles. The number of rotatable bonds is 4. The topological polar surface area (TPSA) is 72.9 Å². The van der Waals surface area contributed by atoms with Gasteiger partial charge in [-0.15, -0.1) is 0 Å². The second-order valence-corrected chi connectivity index (χ2v) is 5.85. The largest absolute Gasteiger partial charge is 0.481 e. The van der Waals surface area contributed by atoms with Gasteiger partial charge in [-0.05, 0) is 0 Å². The monoisotopic (exact) mass is 273 g/mol. The first-order valence-corrected chi connectivity index (χ1v) is 7.38. The molecule has 18 heavy (non-hydrogen) atoms.